The summed E-state index contributed by atoms with van der Waals surface area (Å²) in [6.45, 7) is 5.82. The summed E-state index contributed by atoms with van der Waals surface area (Å²) in [4.78, 5) is 32.6. The Morgan fingerprint density at radius 3 is 2.54 bits per heavy atom. The molecule has 4 aromatic carbocycles. The number of hydrogen-bond donors (Lipinski definition) is 0. The van der Waals surface area contributed by atoms with Crippen molar-refractivity contribution in [3.05, 3.63) is 132 Å². The van der Waals surface area contributed by atoms with Gasteiger partial charge in [-0.15, -0.1) is 0 Å². The number of ether oxygens (including phenoxy) is 3. The Hall–Kier alpha value is -5.46. The van der Waals surface area contributed by atoms with Crippen LogP contribution in [0.5, 0.6) is 17.2 Å². The van der Waals surface area contributed by atoms with Crippen LogP contribution in [0.1, 0.15) is 49.1 Å². The zero-order chi connectivity index (χ0) is 32.4. The van der Waals surface area contributed by atoms with Gasteiger partial charge in [0.15, 0.2) is 22.1 Å². The Labute approximate surface area is 269 Å². The lowest BCUT2D eigenvalue weighted by atomic mass is 9.89. The van der Waals surface area contributed by atoms with Crippen molar-refractivity contribution >= 4 is 34.0 Å². The van der Waals surface area contributed by atoms with Gasteiger partial charge in [0.2, 0.25) is 0 Å². The first-order valence-corrected chi connectivity index (χ1v) is 15.6. The number of methoxy groups -OCH3 is 1. The molecule has 46 heavy (non-hydrogen) atoms. The van der Waals surface area contributed by atoms with Gasteiger partial charge in [-0.3, -0.25) is 14.2 Å². The molecular weight excluding hydrogens is 598 g/mol. The first-order chi connectivity index (χ1) is 22.3. The van der Waals surface area contributed by atoms with Crippen LogP contribution in [-0.4, -0.2) is 24.1 Å². The molecule has 0 saturated heterocycles. The van der Waals surface area contributed by atoms with E-state index in [-0.39, 0.29) is 17.9 Å². The number of carbonyl (C=O) groups is 1. The van der Waals surface area contributed by atoms with E-state index in [4.69, 9.17) is 19.2 Å². The highest BCUT2D eigenvalue weighted by Gasteiger charge is 2.33. The van der Waals surface area contributed by atoms with Gasteiger partial charge in [0.25, 0.3) is 5.56 Å². The number of allylic oxidation sites excluding steroid dienone is 2. The molecule has 0 amide bonds. The maximum atomic E-state index is 14.2. The number of carbonyl (C=O) groups excluding carboxylic acids is 1. The zero-order valence-electron chi connectivity index (χ0n) is 25.9. The fourth-order valence-corrected chi connectivity index (χ4v) is 6.89. The molecule has 9 heteroatoms. The zero-order valence-corrected chi connectivity index (χ0v) is 26.7. The van der Waals surface area contributed by atoms with Crippen LogP contribution in [0, 0.1) is 11.3 Å². The first kappa shape index (κ1) is 30.6. The predicted molar refractivity (Wildman–Crippen MR) is 178 cm³/mol. The van der Waals surface area contributed by atoms with Crippen molar-refractivity contribution < 1.29 is 19.0 Å². The second-order valence-corrected chi connectivity index (χ2v) is 11.7. The molecule has 0 saturated carbocycles. The fourth-order valence-electron chi connectivity index (χ4n) is 5.84. The van der Waals surface area contributed by atoms with Crippen molar-refractivity contribution in [2.75, 3.05) is 13.7 Å². The van der Waals surface area contributed by atoms with Gasteiger partial charge in [0.05, 0.1) is 35.9 Å². The molecule has 5 aromatic rings. The Kier molecular flexibility index (Phi) is 8.55. The van der Waals surface area contributed by atoms with Crippen LogP contribution in [0.3, 0.4) is 0 Å². The van der Waals surface area contributed by atoms with E-state index >= 15 is 0 Å². The molecule has 6 rings (SSSR count). The lowest BCUT2D eigenvalue weighted by Crippen LogP contribution is -2.39. The van der Waals surface area contributed by atoms with E-state index in [2.05, 4.69) is 6.07 Å². The Balaban J connectivity index is 1.46. The molecule has 0 spiro atoms. The van der Waals surface area contributed by atoms with E-state index in [1.54, 1.807) is 36.8 Å². The van der Waals surface area contributed by atoms with Gasteiger partial charge in [0.1, 0.15) is 12.4 Å². The van der Waals surface area contributed by atoms with Crippen LogP contribution < -0.4 is 29.1 Å². The van der Waals surface area contributed by atoms with E-state index in [0.29, 0.717) is 50.0 Å². The van der Waals surface area contributed by atoms with Crippen LogP contribution in [0.25, 0.3) is 16.8 Å². The molecule has 1 unspecified atom stereocenters. The van der Waals surface area contributed by atoms with Crippen LogP contribution in [0.4, 0.5) is 0 Å². The molecule has 1 aromatic heterocycles. The maximum Gasteiger partial charge on any atom is 0.271 e. The molecule has 8 nitrogen and oxygen atoms in total. The van der Waals surface area contributed by atoms with Crippen LogP contribution in [0.2, 0.25) is 0 Å². The lowest BCUT2D eigenvalue weighted by molar-refractivity contribution is -0.114. The van der Waals surface area contributed by atoms with E-state index in [9.17, 15) is 14.9 Å². The minimum atomic E-state index is -0.719. The summed E-state index contributed by atoms with van der Waals surface area (Å²) >= 11 is 1.27. The highest BCUT2D eigenvalue weighted by atomic mass is 32.1. The van der Waals surface area contributed by atoms with E-state index < -0.39 is 6.04 Å². The van der Waals surface area contributed by atoms with E-state index in [1.165, 1.54) is 18.3 Å². The number of hydrogen-bond acceptors (Lipinski definition) is 8. The third-order valence-electron chi connectivity index (χ3n) is 7.91. The third-order valence-corrected chi connectivity index (χ3v) is 8.89. The smallest absolute Gasteiger partial charge is 0.271 e. The summed E-state index contributed by atoms with van der Waals surface area (Å²) in [6, 6.07) is 25.9. The third kappa shape index (κ3) is 5.59. The number of aromatic nitrogens is 1. The topological polar surface area (TPSA) is 103 Å². The Morgan fingerprint density at radius 2 is 1.78 bits per heavy atom. The Bertz CT molecular complexity index is 2260. The summed E-state index contributed by atoms with van der Waals surface area (Å²) in [5.41, 5.74) is 3.56. The molecule has 0 bridgehead atoms. The molecule has 1 atom stereocenters. The average Bonchev–Trinajstić information content (AvgIpc) is 3.36. The SMILES string of the molecule is CCOc1cc(C=c2sc3n(c2=O)C(c2c(OC)ccc4ccccc24)C(C(C)=O)=C(C)N=3)ccc1OCc1ccccc1C#N. The first-order valence-electron chi connectivity index (χ1n) is 14.8. The largest absolute Gasteiger partial charge is 0.496 e. The van der Waals surface area contributed by atoms with E-state index in [0.717, 1.165) is 27.5 Å². The molecule has 0 N–H and O–H groups in total. The fraction of sp³-hybridized carbons (Fsp3) is 0.189. The van der Waals surface area contributed by atoms with Gasteiger partial charge in [-0.1, -0.05) is 65.9 Å². The lowest BCUT2D eigenvalue weighted by Gasteiger charge is -2.27. The molecular formula is C37H31N3O5S. The highest BCUT2D eigenvalue weighted by molar-refractivity contribution is 7.07. The number of ketones is 1. The van der Waals surface area contributed by atoms with E-state index in [1.807, 2.05) is 73.7 Å². The second-order valence-electron chi connectivity index (χ2n) is 10.7. The number of thiazole rings is 1. The minimum absolute atomic E-state index is 0.162. The molecule has 0 fully saturated rings. The van der Waals surface area contributed by atoms with Gasteiger partial charge < -0.3 is 14.2 Å². The summed E-state index contributed by atoms with van der Waals surface area (Å²) in [7, 11) is 1.59. The molecule has 0 radical (unpaired) electrons. The normalized spacial score (nSPS) is 14.4. The van der Waals surface area contributed by atoms with Gasteiger partial charge in [-0.05, 0) is 67.4 Å². The predicted octanol–water partition coefficient (Wildman–Crippen LogP) is 5.84. The van der Waals surface area contributed by atoms with Gasteiger partial charge in [-0.2, -0.15) is 5.26 Å². The molecule has 1 aliphatic rings. The van der Waals surface area contributed by atoms with Crippen molar-refractivity contribution in [2.45, 2.75) is 33.4 Å². The van der Waals surface area contributed by atoms with Crippen molar-refractivity contribution in [1.29, 1.82) is 5.26 Å². The second kappa shape index (κ2) is 12.9. The molecule has 2 heterocycles. The van der Waals surface area contributed by atoms with Crippen molar-refractivity contribution in [3.63, 3.8) is 0 Å². The van der Waals surface area contributed by atoms with Crippen molar-refractivity contribution in [3.8, 4) is 23.3 Å². The van der Waals surface area contributed by atoms with Gasteiger partial charge in [0, 0.05) is 22.4 Å². The molecule has 1 aliphatic heterocycles. The number of rotatable bonds is 9. The van der Waals surface area contributed by atoms with Gasteiger partial charge >= 0.3 is 0 Å². The van der Waals surface area contributed by atoms with Gasteiger partial charge in [-0.25, -0.2) is 4.99 Å². The average molecular weight is 630 g/mol. The highest BCUT2D eigenvalue weighted by Crippen LogP contribution is 2.40. The van der Waals surface area contributed by atoms with Crippen LogP contribution >= 0.6 is 11.3 Å². The standard InChI is InChI=1S/C37H31N3O5S/c1-5-44-31-18-24(14-16-29(31)45-21-27-12-7-6-11-26(27)20-38)19-32-36(42)40-35(33(23(3)41)22(2)39-37(40)46-32)34-28-13-9-8-10-25(28)15-17-30(34)43-4/h6-19,35H,5,21H2,1-4H3. The number of benzene rings is 4. The Morgan fingerprint density at radius 1 is 1.02 bits per heavy atom. The quantitative estimate of drug-likeness (QED) is 0.203. The monoisotopic (exact) mass is 629 g/mol. The molecule has 0 aliphatic carbocycles. The summed E-state index contributed by atoms with van der Waals surface area (Å²) in [5.74, 6) is 1.47. The maximum absolute atomic E-state index is 14.2. The number of fused-ring (bicyclic) bond motifs is 2. The summed E-state index contributed by atoms with van der Waals surface area (Å²) < 4.78 is 19.8. The summed E-state index contributed by atoms with van der Waals surface area (Å²) in [6.07, 6.45) is 1.80. The molecule has 230 valence electrons. The minimum Gasteiger partial charge on any atom is -0.496 e. The van der Waals surface area contributed by atoms with Crippen LogP contribution in [-0.2, 0) is 11.4 Å². The number of nitrogens with zero attached hydrogens (tertiary/aromatic N) is 3. The number of Topliss-reactive ketones (excluding diaryl/α,β-unsaturated/α-hetero) is 1. The summed E-state index contributed by atoms with van der Waals surface area (Å²) in [5, 5.41) is 11.3. The number of nitriles is 1. The van der Waals surface area contributed by atoms with Crippen LogP contribution in [0.15, 0.2) is 99.9 Å². The van der Waals surface area contributed by atoms with Crippen molar-refractivity contribution in [2.24, 2.45) is 4.99 Å². The van der Waals surface area contributed by atoms with Crippen molar-refractivity contribution in [1.82, 2.24) is 4.57 Å².